The van der Waals surface area contributed by atoms with Gasteiger partial charge in [0.1, 0.15) is 0 Å². The molecule has 1 amide bonds. The second kappa shape index (κ2) is 5.83. The van der Waals surface area contributed by atoms with Crippen LogP contribution < -0.4 is 5.56 Å². The maximum atomic E-state index is 12.7. The molecule has 5 heteroatoms. The Hall–Kier alpha value is -2.43. The molecular weight excluding hydrogens is 314 g/mol. The van der Waals surface area contributed by atoms with Crippen molar-refractivity contribution in [1.29, 1.82) is 0 Å². The van der Waals surface area contributed by atoms with Crippen LogP contribution in [0.1, 0.15) is 46.7 Å². The number of hydrogen-bond acceptors (Lipinski definition) is 3. The van der Waals surface area contributed by atoms with Gasteiger partial charge in [-0.1, -0.05) is 6.07 Å². The van der Waals surface area contributed by atoms with Crippen molar-refractivity contribution in [1.82, 2.24) is 14.5 Å². The van der Waals surface area contributed by atoms with Gasteiger partial charge in [0.15, 0.2) is 0 Å². The number of carbonyl (C=O) groups is 1. The standard InChI is InChI=1S/C20H23N3O2/c1-12-13(2)22(3)20(25)18-11-23(10-17(12)18)19(24)8-15-7-16(15)14-5-4-6-21-9-14/h4-6,9,15-16H,7-8,10-11H2,1-3H3/t15-,16-/m0/s1. The minimum absolute atomic E-state index is 0.0352. The quantitative estimate of drug-likeness (QED) is 0.864. The van der Waals surface area contributed by atoms with Crippen LogP contribution in [0.5, 0.6) is 0 Å². The van der Waals surface area contributed by atoms with E-state index in [2.05, 4.69) is 11.1 Å². The van der Waals surface area contributed by atoms with Crippen LogP contribution in [0.3, 0.4) is 0 Å². The fraction of sp³-hybridized carbons (Fsp3) is 0.450. The van der Waals surface area contributed by atoms with Gasteiger partial charge in [0.2, 0.25) is 5.91 Å². The number of rotatable bonds is 3. The molecule has 0 radical (unpaired) electrons. The highest BCUT2D eigenvalue weighted by atomic mass is 16.2. The van der Waals surface area contributed by atoms with Crippen LogP contribution in [-0.2, 0) is 24.9 Å². The van der Waals surface area contributed by atoms with Gasteiger partial charge in [0.25, 0.3) is 5.56 Å². The molecule has 2 aromatic rings. The summed E-state index contributed by atoms with van der Waals surface area (Å²) < 4.78 is 1.70. The van der Waals surface area contributed by atoms with Crippen LogP contribution in [0.4, 0.5) is 0 Å². The number of hydrogen-bond donors (Lipinski definition) is 0. The molecule has 0 unspecified atom stereocenters. The molecule has 0 saturated heterocycles. The Kier molecular flexibility index (Phi) is 3.74. The first-order valence-corrected chi connectivity index (χ1v) is 8.83. The van der Waals surface area contributed by atoms with Crippen molar-refractivity contribution in [3.8, 4) is 0 Å². The predicted molar refractivity (Wildman–Crippen MR) is 95.1 cm³/mol. The zero-order chi connectivity index (χ0) is 17.7. The van der Waals surface area contributed by atoms with Crippen LogP contribution in [-0.4, -0.2) is 20.4 Å². The van der Waals surface area contributed by atoms with Gasteiger partial charge in [0.05, 0.1) is 6.54 Å². The van der Waals surface area contributed by atoms with E-state index in [1.54, 1.807) is 17.8 Å². The average Bonchev–Trinajstić information content (AvgIpc) is 3.24. The van der Waals surface area contributed by atoms with Crippen molar-refractivity contribution in [2.75, 3.05) is 0 Å². The first-order valence-electron chi connectivity index (χ1n) is 8.83. The third kappa shape index (κ3) is 2.68. The van der Waals surface area contributed by atoms with Crippen molar-refractivity contribution in [3.63, 3.8) is 0 Å². The van der Waals surface area contributed by atoms with Crippen molar-refractivity contribution >= 4 is 5.91 Å². The lowest BCUT2D eigenvalue weighted by molar-refractivity contribution is -0.132. The summed E-state index contributed by atoms with van der Waals surface area (Å²) in [6.07, 6.45) is 5.29. The molecule has 1 aliphatic heterocycles. The molecule has 130 valence electrons. The average molecular weight is 337 g/mol. The molecule has 2 atom stereocenters. The number of amides is 1. The van der Waals surface area contributed by atoms with Crippen molar-refractivity contribution < 1.29 is 4.79 Å². The summed E-state index contributed by atoms with van der Waals surface area (Å²) in [5, 5.41) is 0. The van der Waals surface area contributed by atoms with E-state index in [0.29, 0.717) is 31.3 Å². The van der Waals surface area contributed by atoms with Gasteiger partial charge >= 0.3 is 0 Å². The minimum Gasteiger partial charge on any atom is -0.334 e. The second-order valence-corrected chi connectivity index (χ2v) is 7.37. The van der Waals surface area contributed by atoms with Gasteiger partial charge in [0, 0.05) is 43.7 Å². The maximum Gasteiger partial charge on any atom is 0.255 e. The summed E-state index contributed by atoms with van der Waals surface area (Å²) >= 11 is 0. The SMILES string of the molecule is Cc1c2c(c(=O)n(C)c1C)CN(C(=O)C[C@@H]1C[C@H]1c1cccnc1)C2. The van der Waals surface area contributed by atoms with Gasteiger partial charge in [-0.25, -0.2) is 0 Å². The smallest absolute Gasteiger partial charge is 0.255 e. The number of aromatic nitrogens is 2. The van der Waals surface area contributed by atoms with E-state index in [-0.39, 0.29) is 11.5 Å². The van der Waals surface area contributed by atoms with E-state index in [1.807, 2.05) is 31.0 Å². The number of pyridine rings is 2. The number of nitrogens with zero attached hydrogens (tertiary/aromatic N) is 3. The van der Waals surface area contributed by atoms with Crippen molar-refractivity contribution in [2.45, 2.75) is 45.7 Å². The van der Waals surface area contributed by atoms with Gasteiger partial charge in [-0.3, -0.25) is 14.6 Å². The Labute approximate surface area is 147 Å². The summed E-state index contributed by atoms with van der Waals surface area (Å²) in [6, 6.07) is 4.04. The molecule has 0 aromatic carbocycles. The number of fused-ring (bicyclic) bond motifs is 1. The third-order valence-electron chi connectivity index (χ3n) is 5.95. The molecule has 2 aromatic heterocycles. The second-order valence-electron chi connectivity index (χ2n) is 7.37. The Bertz CT molecular complexity index is 901. The molecule has 0 N–H and O–H groups in total. The van der Waals surface area contributed by atoms with E-state index >= 15 is 0 Å². The van der Waals surface area contributed by atoms with Crippen LogP contribution in [0.25, 0.3) is 0 Å². The highest BCUT2D eigenvalue weighted by Crippen LogP contribution is 2.49. The van der Waals surface area contributed by atoms with E-state index in [0.717, 1.165) is 28.8 Å². The van der Waals surface area contributed by atoms with Gasteiger partial charge in [-0.2, -0.15) is 0 Å². The van der Waals surface area contributed by atoms with Gasteiger partial charge < -0.3 is 9.47 Å². The van der Waals surface area contributed by atoms with Crippen molar-refractivity contribution in [3.05, 3.63) is 62.8 Å². The topological polar surface area (TPSA) is 55.2 Å². The summed E-state index contributed by atoms with van der Waals surface area (Å²) in [7, 11) is 1.80. The van der Waals surface area contributed by atoms with Crippen molar-refractivity contribution in [2.24, 2.45) is 13.0 Å². The normalized spacial score (nSPS) is 21.3. The fourth-order valence-corrected chi connectivity index (χ4v) is 4.00. The van der Waals surface area contributed by atoms with E-state index < -0.39 is 0 Å². The summed E-state index contributed by atoms with van der Waals surface area (Å²) in [4.78, 5) is 31.2. The molecule has 1 aliphatic carbocycles. The zero-order valence-corrected chi connectivity index (χ0v) is 15.0. The molecule has 3 heterocycles. The molecule has 1 saturated carbocycles. The molecule has 1 fully saturated rings. The summed E-state index contributed by atoms with van der Waals surface area (Å²) in [5.41, 5.74) is 5.22. The molecule has 0 spiro atoms. The van der Waals surface area contributed by atoms with Crippen LogP contribution >= 0.6 is 0 Å². The monoisotopic (exact) mass is 337 g/mol. The zero-order valence-electron chi connectivity index (χ0n) is 15.0. The van der Waals surface area contributed by atoms with Gasteiger partial charge in [-0.15, -0.1) is 0 Å². The third-order valence-corrected chi connectivity index (χ3v) is 5.95. The number of carbonyl (C=O) groups excluding carboxylic acids is 1. The lowest BCUT2D eigenvalue weighted by atomic mass is 10.0. The summed E-state index contributed by atoms with van der Waals surface area (Å²) in [5.74, 6) is 1.03. The van der Waals surface area contributed by atoms with E-state index in [1.165, 1.54) is 5.56 Å². The Morgan fingerprint density at radius 1 is 1.28 bits per heavy atom. The fourth-order valence-electron chi connectivity index (χ4n) is 4.00. The molecule has 2 aliphatic rings. The first kappa shape index (κ1) is 16.1. The van der Waals surface area contributed by atoms with E-state index in [4.69, 9.17) is 0 Å². The van der Waals surface area contributed by atoms with E-state index in [9.17, 15) is 9.59 Å². The Balaban J connectivity index is 1.46. The minimum atomic E-state index is 0.0352. The highest BCUT2D eigenvalue weighted by Gasteiger charge is 2.41. The molecule has 25 heavy (non-hydrogen) atoms. The first-order chi connectivity index (χ1) is 12.0. The molecule has 0 bridgehead atoms. The predicted octanol–water partition coefficient (Wildman–Crippen LogP) is 2.43. The maximum absolute atomic E-state index is 12.7. The lowest BCUT2D eigenvalue weighted by Crippen LogP contribution is -2.27. The van der Waals surface area contributed by atoms with Crippen LogP contribution in [0.15, 0.2) is 29.3 Å². The highest BCUT2D eigenvalue weighted by molar-refractivity contribution is 5.78. The Morgan fingerprint density at radius 2 is 2.04 bits per heavy atom. The molecule has 4 rings (SSSR count). The summed E-state index contributed by atoms with van der Waals surface area (Å²) in [6.45, 7) is 5.03. The lowest BCUT2D eigenvalue weighted by Gasteiger charge is -2.15. The molecular formula is C20H23N3O2. The largest absolute Gasteiger partial charge is 0.334 e. The van der Waals surface area contributed by atoms with Gasteiger partial charge in [-0.05, 0) is 54.9 Å². The van der Waals surface area contributed by atoms with Crippen LogP contribution in [0, 0.1) is 19.8 Å². The van der Waals surface area contributed by atoms with Crippen LogP contribution in [0.2, 0.25) is 0 Å². The Morgan fingerprint density at radius 3 is 2.76 bits per heavy atom. The molecule has 5 nitrogen and oxygen atoms in total.